The number of fused-ring (bicyclic) bond motifs is 2. The molecule has 1 aliphatic rings. The van der Waals surface area contributed by atoms with Crippen LogP contribution in [-0.4, -0.2) is 18.2 Å². The van der Waals surface area contributed by atoms with Crippen molar-refractivity contribution < 1.29 is 14.3 Å². The van der Waals surface area contributed by atoms with Gasteiger partial charge < -0.3 is 4.74 Å². The van der Waals surface area contributed by atoms with Gasteiger partial charge in [-0.15, -0.1) is 11.8 Å². The van der Waals surface area contributed by atoms with Crippen molar-refractivity contribution in [2.75, 3.05) is 6.61 Å². The molecule has 0 spiro atoms. The molecule has 0 aromatic heterocycles. The van der Waals surface area contributed by atoms with Crippen LogP contribution in [0.5, 0.6) is 5.75 Å². The lowest BCUT2D eigenvalue weighted by atomic mass is 9.83. The van der Waals surface area contributed by atoms with Crippen molar-refractivity contribution in [2.45, 2.75) is 32.6 Å². The third-order valence-electron chi connectivity index (χ3n) is 4.17. The summed E-state index contributed by atoms with van der Waals surface area (Å²) >= 11 is 0. The van der Waals surface area contributed by atoms with Gasteiger partial charge in [-0.3, -0.25) is 9.59 Å². The Morgan fingerprint density at radius 1 is 0.840 bits per heavy atom. The summed E-state index contributed by atoms with van der Waals surface area (Å²) in [5, 5.41) is 0. The van der Waals surface area contributed by atoms with Crippen LogP contribution in [-0.2, 0) is 0 Å². The maximum atomic E-state index is 12.8. The number of rotatable bonds is 5. The number of hydrogen-bond acceptors (Lipinski definition) is 3. The van der Waals surface area contributed by atoms with Gasteiger partial charge in [-0.25, -0.2) is 0 Å². The summed E-state index contributed by atoms with van der Waals surface area (Å²) in [6.07, 6.45) is 3.55. The summed E-state index contributed by atoms with van der Waals surface area (Å²) in [5.41, 5.74) is 1.73. The molecule has 3 rings (SSSR count). The van der Waals surface area contributed by atoms with Crippen molar-refractivity contribution in [2.24, 2.45) is 0 Å². The maximum Gasteiger partial charge on any atom is 0.198 e. The number of benzene rings is 2. The molecule has 2 aromatic rings. The van der Waals surface area contributed by atoms with Crippen molar-refractivity contribution in [1.82, 2.24) is 0 Å². The summed E-state index contributed by atoms with van der Waals surface area (Å²) in [5.74, 6) is 6.38. The SMILES string of the molecule is CCC#CCCCCOc1cccc2c1C(=O)c1ccccc1C2=O. The van der Waals surface area contributed by atoms with E-state index in [1.54, 1.807) is 42.5 Å². The highest BCUT2D eigenvalue weighted by Gasteiger charge is 2.31. The number of carbonyl (C=O) groups excluding carboxylic acids is 2. The zero-order valence-electron chi connectivity index (χ0n) is 14.3. The highest BCUT2D eigenvalue weighted by molar-refractivity contribution is 6.29. The monoisotopic (exact) mass is 332 g/mol. The molecule has 0 bridgehead atoms. The molecule has 3 heteroatoms. The van der Waals surface area contributed by atoms with E-state index in [1.807, 2.05) is 6.92 Å². The molecule has 0 unspecified atom stereocenters. The van der Waals surface area contributed by atoms with Crippen molar-refractivity contribution in [3.63, 3.8) is 0 Å². The van der Waals surface area contributed by atoms with Gasteiger partial charge in [0, 0.05) is 29.5 Å². The fraction of sp³-hybridized carbons (Fsp3) is 0.273. The van der Waals surface area contributed by atoms with Gasteiger partial charge >= 0.3 is 0 Å². The van der Waals surface area contributed by atoms with Gasteiger partial charge in [0.05, 0.1) is 12.2 Å². The van der Waals surface area contributed by atoms with Crippen LogP contribution in [0.4, 0.5) is 0 Å². The molecule has 25 heavy (non-hydrogen) atoms. The predicted molar refractivity (Wildman–Crippen MR) is 97.2 cm³/mol. The molecule has 3 nitrogen and oxygen atoms in total. The van der Waals surface area contributed by atoms with E-state index < -0.39 is 0 Å². The van der Waals surface area contributed by atoms with Crippen molar-refractivity contribution >= 4 is 11.6 Å². The van der Waals surface area contributed by atoms with Crippen LogP contribution >= 0.6 is 0 Å². The normalized spacial score (nSPS) is 12.0. The van der Waals surface area contributed by atoms with Crippen molar-refractivity contribution in [1.29, 1.82) is 0 Å². The molecule has 0 fully saturated rings. The zero-order valence-corrected chi connectivity index (χ0v) is 14.3. The van der Waals surface area contributed by atoms with E-state index in [9.17, 15) is 9.59 Å². The molecule has 0 saturated carbocycles. The molecule has 0 aliphatic heterocycles. The smallest absolute Gasteiger partial charge is 0.198 e. The lowest BCUT2D eigenvalue weighted by molar-refractivity contribution is 0.0975. The Labute approximate surface area is 148 Å². The van der Waals surface area contributed by atoms with Gasteiger partial charge in [0.1, 0.15) is 5.75 Å². The molecule has 0 amide bonds. The van der Waals surface area contributed by atoms with Crippen LogP contribution in [0.2, 0.25) is 0 Å². The molecule has 0 N–H and O–H groups in total. The minimum atomic E-state index is -0.144. The molecule has 0 radical (unpaired) electrons. The van der Waals surface area contributed by atoms with Crippen molar-refractivity contribution in [3.8, 4) is 17.6 Å². The van der Waals surface area contributed by atoms with E-state index in [2.05, 4.69) is 11.8 Å². The summed E-state index contributed by atoms with van der Waals surface area (Å²) in [7, 11) is 0. The van der Waals surface area contributed by atoms with E-state index in [1.165, 1.54) is 0 Å². The second kappa shape index (κ2) is 7.81. The standard InChI is InChI=1S/C22H20O3/c1-2-3-4-5-6-9-15-25-19-14-10-13-18-20(19)22(24)17-12-8-7-11-16(17)21(18)23/h7-8,10-14H,2,5-6,9,15H2,1H3. The van der Waals surface area contributed by atoms with Crippen LogP contribution < -0.4 is 4.74 Å². The number of ketones is 2. The van der Waals surface area contributed by atoms with Crippen molar-refractivity contribution in [3.05, 3.63) is 64.7 Å². The molecule has 126 valence electrons. The first-order valence-corrected chi connectivity index (χ1v) is 8.64. The van der Waals surface area contributed by atoms with E-state index in [4.69, 9.17) is 4.74 Å². The number of carbonyl (C=O) groups is 2. The average molecular weight is 332 g/mol. The number of hydrogen-bond donors (Lipinski definition) is 0. The first-order valence-electron chi connectivity index (χ1n) is 8.64. The average Bonchev–Trinajstić information content (AvgIpc) is 2.65. The molecule has 0 atom stereocenters. The Bertz CT molecular complexity index is 868. The third-order valence-corrected chi connectivity index (χ3v) is 4.17. The minimum Gasteiger partial charge on any atom is -0.493 e. The largest absolute Gasteiger partial charge is 0.493 e. The number of unbranched alkanes of at least 4 members (excludes halogenated alkanes) is 2. The molecule has 0 saturated heterocycles. The van der Waals surface area contributed by atoms with Crippen LogP contribution in [0, 0.1) is 11.8 Å². The van der Waals surface area contributed by atoms with Crippen LogP contribution in [0.3, 0.4) is 0 Å². The van der Waals surface area contributed by atoms with Gasteiger partial charge in [-0.1, -0.05) is 43.3 Å². The first kappa shape index (κ1) is 17.0. The van der Waals surface area contributed by atoms with Crippen LogP contribution in [0.1, 0.15) is 64.4 Å². The number of ether oxygens (including phenoxy) is 1. The third kappa shape index (κ3) is 3.49. The van der Waals surface area contributed by atoms with Gasteiger partial charge in [0.2, 0.25) is 0 Å². The van der Waals surface area contributed by atoms with E-state index in [0.29, 0.717) is 34.6 Å². The fourth-order valence-corrected chi connectivity index (χ4v) is 2.94. The zero-order chi connectivity index (χ0) is 17.6. The molecular formula is C22H20O3. The summed E-state index contributed by atoms with van der Waals surface area (Å²) in [6, 6.07) is 12.2. The molecule has 2 aromatic carbocycles. The molecule has 1 aliphatic carbocycles. The summed E-state index contributed by atoms with van der Waals surface area (Å²) in [4.78, 5) is 25.5. The Hall–Kier alpha value is -2.86. The van der Waals surface area contributed by atoms with E-state index in [0.717, 1.165) is 25.7 Å². The highest BCUT2D eigenvalue weighted by Crippen LogP contribution is 2.33. The minimum absolute atomic E-state index is 0.120. The van der Waals surface area contributed by atoms with Gasteiger partial charge in [0.15, 0.2) is 11.6 Å². The quantitative estimate of drug-likeness (QED) is 0.513. The van der Waals surface area contributed by atoms with Gasteiger partial charge in [-0.05, 0) is 18.9 Å². The topological polar surface area (TPSA) is 43.4 Å². The molecule has 0 heterocycles. The van der Waals surface area contributed by atoms with E-state index >= 15 is 0 Å². The Balaban J connectivity index is 1.76. The Kier molecular flexibility index (Phi) is 5.30. The predicted octanol–water partition coefficient (Wildman–Crippen LogP) is 4.42. The summed E-state index contributed by atoms with van der Waals surface area (Å²) in [6.45, 7) is 2.54. The second-order valence-corrected chi connectivity index (χ2v) is 5.90. The fourth-order valence-electron chi connectivity index (χ4n) is 2.94. The van der Waals surface area contributed by atoms with Crippen LogP contribution in [0.25, 0.3) is 0 Å². The maximum absolute atomic E-state index is 12.8. The van der Waals surface area contributed by atoms with Crippen LogP contribution in [0.15, 0.2) is 42.5 Å². The van der Waals surface area contributed by atoms with E-state index in [-0.39, 0.29) is 11.6 Å². The van der Waals surface area contributed by atoms with Gasteiger partial charge in [0.25, 0.3) is 0 Å². The lowest BCUT2D eigenvalue weighted by Gasteiger charge is -2.20. The highest BCUT2D eigenvalue weighted by atomic mass is 16.5. The second-order valence-electron chi connectivity index (χ2n) is 5.90. The Morgan fingerprint density at radius 2 is 1.56 bits per heavy atom. The van der Waals surface area contributed by atoms with Gasteiger partial charge in [-0.2, -0.15) is 0 Å². The lowest BCUT2D eigenvalue weighted by Crippen LogP contribution is -2.21. The summed E-state index contributed by atoms with van der Waals surface area (Å²) < 4.78 is 5.82. The Morgan fingerprint density at radius 3 is 2.32 bits per heavy atom. The first-order chi connectivity index (χ1) is 12.2. The molecular weight excluding hydrogens is 312 g/mol.